The highest BCUT2D eigenvalue weighted by Crippen LogP contribution is 2.20. The Bertz CT molecular complexity index is 1580. The molecule has 4 N–H and O–H groups in total. The minimum absolute atomic E-state index is 0.00174. The number of nitrogens with one attached hydrogen (secondary N) is 3. The zero-order valence-electron chi connectivity index (χ0n) is 22.1. The first-order valence-corrected chi connectivity index (χ1v) is 13.1. The van der Waals surface area contributed by atoms with Crippen molar-refractivity contribution in [1.29, 1.82) is 0 Å². The molecule has 3 amide bonds. The molecule has 1 aromatic heterocycles. The molecule has 1 heterocycles. The highest BCUT2D eigenvalue weighted by Gasteiger charge is 2.21. The number of amides is 3. The third-order valence-electron chi connectivity index (χ3n) is 5.95. The zero-order valence-corrected chi connectivity index (χ0v) is 22.9. The quantitative estimate of drug-likeness (QED) is 0.183. The summed E-state index contributed by atoms with van der Waals surface area (Å²) in [7, 11) is 0. The molecule has 0 radical (unpaired) electrons. The Morgan fingerprint density at radius 3 is 2.45 bits per heavy atom. The molecule has 0 unspecified atom stereocenters. The van der Waals surface area contributed by atoms with Crippen LogP contribution in [0.2, 0.25) is 5.02 Å². The Hall–Kier alpha value is -5.36. The molecule has 4 rings (SSSR count). The number of hydrogen-bond acceptors (Lipinski definition) is 7. The number of benzene rings is 3. The summed E-state index contributed by atoms with van der Waals surface area (Å²) in [5.74, 6) is -2.42. The lowest BCUT2D eigenvalue weighted by atomic mass is 10.0. The van der Waals surface area contributed by atoms with Crippen molar-refractivity contribution in [3.63, 3.8) is 0 Å². The number of aliphatic carboxylic acids is 1. The summed E-state index contributed by atoms with van der Waals surface area (Å²) in [6.45, 7) is -0.00174. The average molecular weight is 588 g/mol. The normalized spacial score (nSPS) is 11.5. The van der Waals surface area contributed by atoms with Gasteiger partial charge in [0.2, 0.25) is 11.8 Å². The number of carboxylic acid groups (broad SMARTS) is 1. The molecule has 0 bridgehead atoms. The van der Waals surface area contributed by atoms with Crippen LogP contribution in [0.15, 0.2) is 85.2 Å². The van der Waals surface area contributed by atoms with E-state index in [1.807, 2.05) is 30.3 Å². The Balaban J connectivity index is 1.45. The first-order valence-electron chi connectivity index (χ1n) is 12.7. The zero-order chi connectivity index (χ0) is 29.9. The summed E-state index contributed by atoms with van der Waals surface area (Å²) in [6, 6.07) is 19.5. The van der Waals surface area contributed by atoms with Gasteiger partial charge in [-0.15, -0.1) is 5.10 Å². The summed E-state index contributed by atoms with van der Waals surface area (Å²) in [4.78, 5) is 49.1. The van der Waals surface area contributed by atoms with Crippen molar-refractivity contribution in [3.05, 3.63) is 107 Å². The summed E-state index contributed by atoms with van der Waals surface area (Å²) >= 11 is 6.16. The molecule has 42 heavy (non-hydrogen) atoms. The summed E-state index contributed by atoms with van der Waals surface area (Å²) in [5, 5.41) is 28.4. The number of hydrogen-bond donors (Lipinski definition) is 4. The molecule has 214 valence electrons. The van der Waals surface area contributed by atoms with Crippen molar-refractivity contribution < 1.29 is 24.3 Å². The standard InChI is InChI=1S/C29H26ClN7O5/c30-22-9-12-25(37-18-32-35-36-37)21(17-22)8-13-26(38)34-24(16-19-4-2-1-3-5-19)29(42)33-23-10-6-20(7-11-23)28(41)31-15-14-27(39)40/h1-13,17-18,24H,14-16H2,(H,31,41)(H,33,42)(H,34,38)(H,39,40)/t24-/m0/s1. The van der Waals surface area contributed by atoms with E-state index < -0.39 is 29.7 Å². The van der Waals surface area contributed by atoms with Gasteiger partial charge in [-0.05, 0) is 64.5 Å². The monoisotopic (exact) mass is 587 g/mol. The van der Waals surface area contributed by atoms with Crippen LogP contribution in [-0.4, -0.2) is 61.6 Å². The maximum Gasteiger partial charge on any atom is 0.305 e. The fraction of sp³-hybridized carbons (Fsp3) is 0.138. The van der Waals surface area contributed by atoms with E-state index in [1.54, 1.807) is 36.4 Å². The number of anilines is 1. The molecule has 4 aromatic rings. The van der Waals surface area contributed by atoms with Crippen molar-refractivity contribution >= 4 is 47.1 Å². The van der Waals surface area contributed by atoms with E-state index in [9.17, 15) is 19.2 Å². The van der Waals surface area contributed by atoms with Crippen LogP contribution in [0, 0.1) is 0 Å². The fourth-order valence-electron chi connectivity index (χ4n) is 3.90. The predicted molar refractivity (Wildman–Crippen MR) is 155 cm³/mol. The van der Waals surface area contributed by atoms with Crippen LogP contribution in [-0.2, 0) is 20.8 Å². The summed E-state index contributed by atoms with van der Waals surface area (Å²) in [5.41, 5.74) is 2.74. The number of tetrazole rings is 1. The van der Waals surface area contributed by atoms with Crippen molar-refractivity contribution in [1.82, 2.24) is 30.8 Å². The van der Waals surface area contributed by atoms with E-state index >= 15 is 0 Å². The number of halogens is 1. The number of carbonyl (C=O) groups is 4. The molecule has 13 heteroatoms. The minimum atomic E-state index is -1.01. The van der Waals surface area contributed by atoms with Gasteiger partial charge in [-0.25, -0.2) is 0 Å². The number of carbonyl (C=O) groups excluding carboxylic acids is 3. The highest BCUT2D eigenvalue weighted by molar-refractivity contribution is 6.30. The van der Waals surface area contributed by atoms with E-state index in [0.29, 0.717) is 27.5 Å². The van der Waals surface area contributed by atoms with Gasteiger partial charge in [-0.3, -0.25) is 19.2 Å². The molecule has 0 saturated heterocycles. The molecule has 0 saturated carbocycles. The molecular weight excluding hydrogens is 562 g/mol. The van der Waals surface area contributed by atoms with Crippen LogP contribution in [0.4, 0.5) is 5.69 Å². The van der Waals surface area contributed by atoms with E-state index in [-0.39, 0.29) is 19.4 Å². The lowest BCUT2D eigenvalue weighted by Crippen LogP contribution is -2.44. The second-order valence-corrected chi connectivity index (χ2v) is 9.44. The second kappa shape index (κ2) is 14.3. The third kappa shape index (κ3) is 8.57. The van der Waals surface area contributed by atoms with Gasteiger partial charge in [-0.2, -0.15) is 4.68 Å². The highest BCUT2D eigenvalue weighted by atomic mass is 35.5. The van der Waals surface area contributed by atoms with Gasteiger partial charge in [0.15, 0.2) is 0 Å². The van der Waals surface area contributed by atoms with Crippen LogP contribution < -0.4 is 16.0 Å². The van der Waals surface area contributed by atoms with E-state index in [2.05, 4.69) is 31.5 Å². The third-order valence-corrected chi connectivity index (χ3v) is 6.19. The van der Waals surface area contributed by atoms with Crippen LogP contribution in [0.1, 0.15) is 27.9 Å². The first kappa shape index (κ1) is 29.6. The first-order chi connectivity index (χ1) is 20.3. The predicted octanol–water partition coefficient (Wildman–Crippen LogP) is 2.90. The number of aromatic nitrogens is 4. The SMILES string of the molecule is O=C(O)CCNC(=O)c1ccc(NC(=O)[C@H](Cc2ccccc2)NC(=O)C=Cc2cc(Cl)ccc2-n2cnnn2)cc1. The van der Waals surface area contributed by atoms with Gasteiger partial charge in [0.05, 0.1) is 12.1 Å². The lowest BCUT2D eigenvalue weighted by Gasteiger charge is -2.18. The minimum Gasteiger partial charge on any atom is -0.481 e. The van der Waals surface area contributed by atoms with Gasteiger partial charge in [0.1, 0.15) is 12.4 Å². The van der Waals surface area contributed by atoms with Gasteiger partial charge in [0, 0.05) is 40.9 Å². The smallest absolute Gasteiger partial charge is 0.305 e. The van der Waals surface area contributed by atoms with Crippen LogP contribution in [0.3, 0.4) is 0 Å². The van der Waals surface area contributed by atoms with Crippen LogP contribution in [0.25, 0.3) is 11.8 Å². The lowest BCUT2D eigenvalue weighted by molar-refractivity contribution is -0.136. The molecule has 0 fully saturated rings. The average Bonchev–Trinajstić information content (AvgIpc) is 3.51. The van der Waals surface area contributed by atoms with Gasteiger partial charge in [-0.1, -0.05) is 41.9 Å². The summed E-state index contributed by atoms with van der Waals surface area (Å²) < 4.78 is 1.44. The van der Waals surface area contributed by atoms with Crippen molar-refractivity contribution in [2.45, 2.75) is 18.9 Å². The van der Waals surface area contributed by atoms with Crippen molar-refractivity contribution in [2.24, 2.45) is 0 Å². The second-order valence-electron chi connectivity index (χ2n) is 9.01. The van der Waals surface area contributed by atoms with Gasteiger partial charge >= 0.3 is 5.97 Å². The maximum absolute atomic E-state index is 13.3. The number of carboxylic acids is 1. The van der Waals surface area contributed by atoms with Gasteiger partial charge in [0.25, 0.3) is 5.91 Å². The molecule has 0 aliphatic heterocycles. The Kier molecular flexibility index (Phi) is 10.1. The van der Waals surface area contributed by atoms with Crippen LogP contribution >= 0.6 is 11.6 Å². The molecule has 0 aliphatic rings. The largest absolute Gasteiger partial charge is 0.481 e. The maximum atomic E-state index is 13.3. The van der Waals surface area contributed by atoms with E-state index in [0.717, 1.165) is 5.56 Å². The van der Waals surface area contributed by atoms with Crippen molar-refractivity contribution in [3.8, 4) is 5.69 Å². The van der Waals surface area contributed by atoms with Crippen LogP contribution in [0.5, 0.6) is 0 Å². The Morgan fingerprint density at radius 1 is 1.00 bits per heavy atom. The van der Waals surface area contributed by atoms with E-state index in [4.69, 9.17) is 16.7 Å². The number of nitrogens with zero attached hydrogens (tertiary/aromatic N) is 4. The molecule has 12 nitrogen and oxygen atoms in total. The molecular formula is C29H26ClN7O5. The fourth-order valence-corrected chi connectivity index (χ4v) is 4.08. The Labute approximate surface area is 245 Å². The molecule has 0 spiro atoms. The van der Waals surface area contributed by atoms with E-state index in [1.165, 1.54) is 29.2 Å². The molecule has 3 aromatic carbocycles. The molecule has 1 atom stereocenters. The topological polar surface area (TPSA) is 168 Å². The van der Waals surface area contributed by atoms with Crippen molar-refractivity contribution in [2.75, 3.05) is 11.9 Å². The summed E-state index contributed by atoms with van der Waals surface area (Å²) in [6.07, 6.45) is 4.30. The number of rotatable bonds is 12. The Morgan fingerprint density at radius 2 is 1.76 bits per heavy atom. The van der Waals surface area contributed by atoms with Gasteiger partial charge < -0.3 is 21.1 Å². The molecule has 0 aliphatic carbocycles.